The van der Waals surface area contributed by atoms with E-state index in [9.17, 15) is 0 Å². The van der Waals surface area contributed by atoms with Crippen LogP contribution in [0.25, 0.3) is 0 Å². The fourth-order valence-corrected chi connectivity index (χ4v) is 2.13. The largest absolute Gasteiger partial charge is 0.467 e. The topological polar surface area (TPSA) is 69.0 Å². The lowest BCUT2D eigenvalue weighted by molar-refractivity contribution is 0.404. The van der Waals surface area contributed by atoms with Gasteiger partial charge in [0.25, 0.3) is 0 Å². The van der Waals surface area contributed by atoms with Crippen molar-refractivity contribution in [1.82, 2.24) is 15.0 Å². The van der Waals surface area contributed by atoms with Crippen LogP contribution in [-0.4, -0.2) is 9.55 Å². The summed E-state index contributed by atoms with van der Waals surface area (Å²) in [6.45, 7) is 5.14. The van der Waals surface area contributed by atoms with Gasteiger partial charge in [0.2, 0.25) is 0 Å². The first kappa shape index (κ1) is 12.9. The van der Waals surface area contributed by atoms with E-state index in [-0.39, 0.29) is 6.04 Å². The molecule has 0 saturated carbocycles. The molecule has 0 bridgehead atoms. The van der Waals surface area contributed by atoms with Gasteiger partial charge in [-0.2, -0.15) is 0 Å². The monoisotopic (exact) mass is 248 g/mol. The molecule has 5 nitrogen and oxygen atoms in total. The molecule has 0 radical (unpaired) electrons. The highest BCUT2D eigenvalue weighted by molar-refractivity contribution is 5.19. The van der Waals surface area contributed by atoms with Crippen LogP contribution in [0, 0.1) is 6.92 Å². The molecule has 0 aliphatic carbocycles. The molecule has 0 aliphatic heterocycles. The molecule has 0 spiro atoms. The Bertz CT molecular complexity index is 489. The van der Waals surface area contributed by atoms with Gasteiger partial charge in [-0.15, -0.1) is 0 Å². The lowest BCUT2D eigenvalue weighted by Gasteiger charge is -2.15. The number of hydrogen-bond donors (Lipinski definition) is 2. The van der Waals surface area contributed by atoms with Gasteiger partial charge in [0.15, 0.2) is 0 Å². The van der Waals surface area contributed by atoms with E-state index in [1.54, 1.807) is 6.26 Å². The molecular weight excluding hydrogens is 228 g/mol. The molecule has 0 aliphatic rings. The number of hydrogen-bond acceptors (Lipinski definition) is 4. The molecule has 0 amide bonds. The Balaban J connectivity index is 2.15. The van der Waals surface area contributed by atoms with Crippen molar-refractivity contribution in [3.8, 4) is 0 Å². The van der Waals surface area contributed by atoms with Gasteiger partial charge in [-0.25, -0.2) is 10.4 Å². The number of nitrogens with one attached hydrogen (secondary N) is 1. The van der Waals surface area contributed by atoms with E-state index in [2.05, 4.69) is 21.9 Å². The molecule has 2 rings (SSSR count). The van der Waals surface area contributed by atoms with Gasteiger partial charge >= 0.3 is 0 Å². The standard InChI is InChI=1S/C13H20N4O/c1-3-6-17-7-5-15-12(17)9-11(16-14)13-10(2)4-8-18-13/h4-5,7-8,11,16H,3,6,9,14H2,1-2H3. The smallest absolute Gasteiger partial charge is 0.125 e. The summed E-state index contributed by atoms with van der Waals surface area (Å²) >= 11 is 0. The zero-order valence-electron chi connectivity index (χ0n) is 10.9. The van der Waals surface area contributed by atoms with E-state index in [1.165, 1.54) is 0 Å². The van der Waals surface area contributed by atoms with Crippen LogP contribution in [0.3, 0.4) is 0 Å². The summed E-state index contributed by atoms with van der Waals surface area (Å²) in [7, 11) is 0. The minimum Gasteiger partial charge on any atom is -0.467 e. The second-order valence-electron chi connectivity index (χ2n) is 4.43. The summed E-state index contributed by atoms with van der Waals surface area (Å²) in [6, 6.07) is 1.90. The Morgan fingerprint density at radius 3 is 3.00 bits per heavy atom. The molecular formula is C13H20N4O. The van der Waals surface area contributed by atoms with E-state index >= 15 is 0 Å². The highest BCUT2D eigenvalue weighted by atomic mass is 16.3. The third kappa shape index (κ3) is 2.63. The molecule has 18 heavy (non-hydrogen) atoms. The molecule has 1 unspecified atom stereocenters. The zero-order chi connectivity index (χ0) is 13.0. The number of nitrogens with zero attached hydrogens (tertiary/aromatic N) is 2. The van der Waals surface area contributed by atoms with Crippen LogP contribution >= 0.6 is 0 Å². The van der Waals surface area contributed by atoms with Gasteiger partial charge in [0.1, 0.15) is 11.6 Å². The van der Waals surface area contributed by atoms with Crippen LogP contribution in [0.1, 0.15) is 36.5 Å². The Morgan fingerprint density at radius 2 is 2.39 bits per heavy atom. The SMILES string of the molecule is CCCn1ccnc1CC(NN)c1occc1C. The van der Waals surface area contributed by atoms with Crippen molar-refractivity contribution < 1.29 is 4.42 Å². The summed E-state index contributed by atoms with van der Waals surface area (Å²) < 4.78 is 7.64. The number of nitrogens with two attached hydrogens (primary N) is 1. The Morgan fingerprint density at radius 1 is 1.56 bits per heavy atom. The third-order valence-corrected chi connectivity index (χ3v) is 3.07. The maximum Gasteiger partial charge on any atom is 0.125 e. The van der Waals surface area contributed by atoms with Crippen LogP contribution in [0.5, 0.6) is 0 Å². The summed E-state index contributed by atoms with van der Waals surface area (Å²) in [6.07, 6.45) is 7.32. The summed E-state index contributed by atoms with van der Waals surface area (Å²) in [5.74, 6) is 7.53. The summed E-state index contributed by atoms with van der Waals surface area (Å²) in [5.41, 5.74) is 3.91. The van der Waals surface area contributed by atoms with Gasteiger partial charge in [0.05, 0.1) is 12.3 Å². The summed E-state index contributed by atoms with van der Waals surface area (Å²) in [5, 5.41) is 0. The van der Waals surface area contributed by atoms with Crippen LogP contribution in [0.4, 0.5) is 0 Å². The van der Waals surface area contributed by atoms with E-state index < -0.39 is 0 Å². The molecule has 1 atom stereocenters. The van der Waals surface area contributed by atoms with Crippen molar-refractivity contribution in [1.29, 1.82) is 0 Å². The first-order valence-electron chi connectivity index (χ1n) is 6.26. The lowest BCUT2D eigenvalue weighted by Crippen LogP contribution is -2.30. The van der Waals surface area contributed by atoms with Crippen LogP contribution in [-0.2, 0) is 13.0 Å². The first-order chi connectivity index (χ1) is 8.76. The molecule has 0 fully saturated rings. The number of imidazole rings is 1. The highest BCUT2D eigenvalue weighted by Crippen LogP contribution is 2.21. The number of aryl methyl sites for hydroxylation is 2. The first-order valence-corrected chi connectivity index (χ1v) is 6.26. The van der Waals surface area contributed by atoms with Crippen LogP contribution < -0.4 is 11.3 Å². The van der Waals surface area contributed by atoms with Crippen molar-refractivity contribution in [2.75, 3.05) is 0 Å². The van der Waals surface area contributed by atoms with Crippen molar-refractivity contribution in [3.05, 3.63) is 41.9 Å². The van der Waals surface area contributed by atoms with E-state index in [4.69, 9.17) is 10.3 Å². The number of hydrazine groups is 1. The number of furan rings is 1. The maximum absolute atomic E-state index is 5.63. The molecule has 2 aromatic rings. The van der Waals surface area contributed by atoms with Gasteiger partial charge in [-0.05, 0) is 25.0 Å². The minimum atomic E-state index is -0.0435. The number of rotatable bonds is 6. The van der Waals surface area contributed by atoms with Crippen LogP contribution in [0.2, 0.25) is 0 Å². The summed E-state index contributed by atoms with van der Waals surface area (Å²) in [4.78, 5) is 4.39. The maximum atomic E-state index is 5.63. The molecule has 0 aromatic carbocycles. The lowest BCUT2D eigenvalue weighted by atomic mass is 10.1. The minimum absolute atomic E-state index is 0.0435. The van der Waals surface area contributed by atoms with E-state index in [0.29, 0.717) is 0 Å². The predicted molar refractivity (Wildman–Crippen MR) is 69.7 cm³/mol. The molecule has 5 heteroatoms. The van der Waals surface area contributed by atoms with Gasteiger partial charge < -0.3 is 8.98 Å². The highest BCUT2D eigenvalue weighted by Gasteiger charge is 2.18. The molecule has 0 saturated heterocycles. The van der Waals surface area contributed by atoms with Gasteiger partial charge in [-0.1, -0.05) is 6.92 Å². The number of aromatic nitrogens is 2. The Labute approximate surface area is 107 Å². The fraction of sp³-hybridized carbons (Fsp3) is 0.462. The van der Waals surface area contributed by atoms with Crippen molar-refractivity contribution >= 4 is 0 Å². The average Bonchev–Trinajstić information content (AvgIpc) is 2.96. The average molecular weight is 248 g/mol. The van der Waals surface area contributed by atoms with Crippen molar-refractivity contribution in [2.45, 2.75) is 39.3 Å². The van der Waals surface area contributed by atoms with Gasteiger partial charge in [0, 0.05) is 25.4 Å². The second-order valence-corrected chi connectivity index (χ2v) is 4.43. The zero-order valence-corrected chi connectivity index (χ0v) is 10.9. The Hall–Kier alpha value is -1.59. The molecule has 3 N–H and O–H groups in total. The van der Waals surface area contributed by atoms with Crippen molar-refractivity contribution in [2.24, 2.45) is 5.84 Å². The fourth-order valence-electron chi connectivity index (χ4n) is 2.13. The quantitative estimate of drug-likeness (QED) is 0.605. The van der Waals surface area contributed by atoms with E-state index in [0.717, 1.165) is 36.5 Å². The van der Waals surface area contributed by atoms with E-state index in [1.807, 2.05) is 25.4 Å². The third-order valence-electron chi connectivity index (χ3n) is 3.07. The molecule has 98 valence electrons. The molecule has 2 aromatic heterocycles. The van der Waals surface area contributed by atoms with Gasteiger partial charge in [-0.3, -0.25) is 5.84 Å². The van der Waals surface area contributed by atoms with Crippen molar-refractivity contribution in [3.63, 3.8) is 0 Å². The predicted octanol–water partition coefficient (Wildman–Crippen LogP) is 1.94. The second kappa shape index (κ2) is 5.84. The van der Waals surface area contributed by atoms with Crippen LogP contribution in [0.15, 0.2) is 29.1 Å². The molecule has 2 heterocycles. The normalized spacial score (nSPS) is 12.8. The Kier molecular flexibility index (Phi) is 4.17.